The molecule has 5 heteroatoms. The van der Waals surface area contributed by atoms with Crippen molar-refractivity contribution in [2.24, 2.45) is 0 Å². The van der Waals surface area contributed by atoms with Crippen molar-refractivity contribution in [2.45, 2.75) is 13.8 Å². The van der Waals surface area contributed by atoms with Gasteiger partial charge in [-0.25, -0.2) is 4.98 Å². The summed E-state index contributed by atoms with van der Waals surface area (Å²) in [7, 11) is 0. The number of nitrogens with zero attached hydrogens (tertiary/aromatic N) is 1. The maximum atomic E-state index is 10.9. The summed E-state index contributed by atoms with van der Waals surface area (Å²) in [5.74, 6) is 0.593. The standard InChI is InChI=1S/C14H14ClN3O/c1-9-7-11(15)3-5-13(9)18-14-6-4-12(8-16-14)17-10(2)19/h3-8H,1-2H3,(H,16,18)(H,17,19). The first-order valence-electron chi connectivity index (χ1n) is 5.81. The van der Waals surface area contributed by atoms with Gasteiger partial charge in [0.25, 0.3) is 0 Å². The maximum absolute atomic E-state index is 10.9. The van der Waals surface area contributed by atoms with Crippen LogP contribution in [0.3, 0.4) is 0 Å². The smallest absolute Gasteiger partial charge is 0.221 e. The van der Waals surface area contributed by atoms with Crippen LogP contribution in [0.1, 0.15) is 12.5 Å². The van der Waals surface area contributed by atoms with Gasteiger partial charge in [-0.3, -0.25) is 4.79 Å². The summed E-state index contributed by atoms with van der Waals surface area (Å²) in [6, 6.07) is 9.21. The van der Waals surface area contributed by atoms with Crippen LogP contribution in [0.25, 0.3) is 0 Å². The van der Waals surface area contributed by atoms with E-state index in [-0.39, 0.29) is 5.91 Å². The Hall–Kier alpha value is -2.07. The maximum Gasteiger partial charge on any atom is 0.221 e. The predicted octanol–water partition coefficient (Wildman–Crippen LogP) is 3.75. The monoisotopic (exact) mass is 275 g/mol. The number of hydrogen-bond acceptors (Lipinski definition) is 3. The lowest BCUT2D eigenvalue weighted by Crippen LogP contribution is -2.06. The lowest BCUT2D eigenvalue weighted by Gasteiger charge is -2.09. The molecule has 0 bridgehead atoms. The van der Waals surface area contributed by atoms with Crippen molar-refractivity contribution in [1.29, 1.82) is 0 Å². The molecule has 1 amide bonds. The van der Waals surface area contributed by atoms with E-state index in [1.54, 1.807) is 18.3 Å². The molecule has 2 rings (SSSR count). The number of amides is 1. The van der Waals surface area contributed by atoms with Crippen molar-refractivity contribution in [3.63, 3.8) is 0 Å². The molecule has 19 heavy (non-hydrogen) atoms. The molecule has 0 aliphatic rings. The molecule has 0 spiro atoms. The fourth-order valence-corrected chi connectivity index (χ4v) is 1.88. The van der Waals surface area contributed by atoms with Crippen molar-refractivity contribution in [2.75, 3.05) is 10.6 Å². The number of benzene rings is 1. The number of hydrogen-bond donors (Lipinski definition) is 2. The quantitative estimate of drug-likeness (QED) is 0.897. The zero-order valence-corrected chi connectivity index (χ0v) is 11.5. The third kappa shape index (κ3) is 3.69. The number of aryl methyl sites for hydroxylation is 1. The number of anilines is 3. The van der Waals surface area contributed by atoms with E-state index in [4.69, 9.17) is 11.6 Å². The first kappa shape index (κ1) is 13.4. The van der Waals surface area contributed by atoms with Crippen molar-refractivity contribution < 1.29 is 4.79 Å². The van der Waals surface area contributed by atoms with E-state index >= 15 is 0 Å². The van der Waals surface area contributed by atoms with Crippen LogP contribution >= 0.6 is 11.6 Å². The van der Waals surface area contributed by atoms with E-state index in [1.807, 2.05) is 25.1 Å². The van der Waals surface area contributed by atoms with Crippen LogP contribution in [0.15, 0.2) is 36.5 Å². The zero-order valence-electron chi connectivity index (χ0n) is 10.7. The summed E-state index contributed by atoms with van der Waals surface area (Å²) >= 11 is 5.91. The molecule has 1 heterocycles. The number of aromatic nitrogens is 1. The van der Waals surface area contributed by atoms with Crippen LogP contribution in [0, 0.1) is 6.92 Å². The first-order chi connectivity index (χ1) is 9.04. The second-order valence-corrected chi connectivity index (χ2v) is 4.63. The van der Waals surface area contributed by atoms with E-state index < -0.39 is 0 Å². The molecule has 0 radical (unpaired) electrons. The Morgan fingerprint density at radius 3 is 2.63 bits per heavy atom. The predicted molar refractivity (Wildman–Crippen MR) is 78.0 cm³/mol. The molecule has 0 aliphatic heterocycles. The average molecular weight is 276 g/mol. The molecule has 2 aromatic rings. The highest BCUT2D eigenvalue weighted by Gasteiger charge is 2.01. The van der Waals surface area contributed by atoms with Crippen LogP contribution in [-0.2, 0) is 4.79 Å². The fourth-order valence-electron chi connectivity index (χ4n) is 1.65. The Morgan fingerprint density at radius 2 is 2.05 bits per heavy atom. The minimum absolute atomic E-state index is 0.115. The van der Waals surface area contributed by atoms with Crippen LogP contribution < -0.4 is 10.6 Å². The molecule has 98 valence electrons. The Bertz CT molecular complexity index is 596. The lowest BCUT2D eigenvalue weighted by atomic mass is 10.2. The molecule has 4 nitrogen and oxygen atoms in total. The Balaban J connectivity index is 2.13. The molecule has 2 N–H and O–H groups in total. The number of pyridine rings is 1. The summed E-state index contributed by atoms with van der Waals surface area (Å²) < 4.78 is 0. The molecular formula is C14H14ClN3O. The van der Waals surface area contributed by atoms with E-state index in [2.05, 4.69) is 15.6 Å². The summed E-state index contributed by atoms with van der Waals surface area (Å²) in [4.78, 5) is 15.1. The van der Waals surface area contributed by atoms with Crippen LogP contribution in [-0.4, -0.2) is 10.9 Å². The van der Waals surface area contributed by atoms with Crippen molar-refractivity contribution in [3.8, 4) is 0 Å². The average Bonchev–Trinajstić information content (AvgIpc) is 2.34. The van der Waals surface area contributed by atoms with Crippen LogP contribution in [0.2, 0.25) is 5.02 Å². The van der Waals surface area contributed by atoms with E-state index in [0.29, 0.717) is 16.5 Å². The summed E-state index contributed by atoms with van der Waals surface area (Å²) in [5, 5.41) is 6.57. The van der Waals surface area contributed by atoms with Gasteiger partial charge in [0.1, 0.15) is 5.82 Å². The molecule has 1 aromatic heterocycles. The van der Waals surface area contributed by atoms with Crippen molar-refractivity contribution in [3.05, 3.63) is 47.1 Å². The summed E-state index contributed by atoms with van der Waals surface area (Å²) in [6.07, 6.45) is 1.61. The highest BCUT2D eigenvalue weighted by molar-refractivity contribution is 6.30. The van der Waals surface area contributed by atoms with Gasteiger partial charge < -0.3 is 10.6 Å². The number of nitrogens with one attached hydrogen (secondary N) is 2. The highest BCUT2D eigenvalue weighted by atomic mass is 35.5. The second-order valence-electron chi connectivity index (χ2n) is 4.20. The van der Waals surface area contributed by atoms with E-state index in [0.717, 1.165) is 11.3 Å². The van der Waals surface area contributed by atoms with Crippen LogP contribution in [0.4, 0.5) is 17.2 Å². The molecule has 0 aliphatic carbocycles. The zero-order chi connectivity index (χ0) is 13.8. The largest absolute Gasteiger partial charge is 0.340 e. The number of carbonyl (C=O) groups excluding carboxylic acids is 1. The van der Waals surface area contributed by atoms with Crippen LogP contribution in [0.5, 0.6) is 0 Å². The molecule has 0 saturated carbocycles. The van der Waals surface area contributed by atoms with Crippen molar-refractivity contribution in [1.82, 2.24) is 4.98 Å². The van der Waals surface area contributed by atoms with Gasteiger partial charge in [0.2, 0.25) is 5.91 Å². The van der Waals surface area contributed by atoms with Gasteiger partial charge >= 0.3 is 0 Å². The van der Waals surface area contributed by atoms with Crippen molar-refractivity contribution >= 4 is 34.7 Å². The SMILES string of the molecule is CC(=O)Nc1ccc(Nc2ccc(Cl)cc2C)nc1. The molecule has 0 fully saturated rings. The van der Waals surface area contributed by atoms with Gasteiger partial charge in [0.05, 0.1) is 11.9 Å². The van der Waals surface area contributed by atoms with Gasteiger partial charge in [-0.15, -0.1) is 0 Å². The molecule has 0 unspecified atom stereocenters. The Labute approximate surface area is 116 Å². The molecule has 0 saturated heterocycles. The first-order valence-corrected chi connectivity index (χ1v) is 6.19. The minimum atomic E-state index is -0.115. The van der Waals surface area contributed by atoms with E-state index in [1.165, 1.54) is 6.92 Å². The Morgan fingerprint density at radius 1 is 1.26 bits per heavy atom. The number of rotatable bonds is 3. The number of carbonyl (C=O) groups is 1. The van der Waals surface area contributed by atoms with Gasteiger partial charge in [0, 0.05) is 17.6 Å². The third-order valence-corrected chi connectivity index (χ3v) is 2.77. The molecule has 1 aromatic carbocycles. The van der Waals surface area contributed by atoms with Gasteiger partial charge in [-0.1, -0.05) is 11.6 Å². The molecule has 0 atom stereocenters. The fraction of sp³-hybridized carbons (Fsp3) is 0.143. The Kier molecular flexibility index (Phi) is 4.02. The van der Waals surface area contributed by atoms with Gasteiger partial charge in [-0.05, 0) is 42.8 Å². The third-order valence-electron chi connectivity index (χ3n) is 2.54. The van der Waals surface area contributed by atoms with Gasteiger partial charge in [0.15, 0.2) is 0 Å². The highest BCUT2D eigenvalue weighted by Crippen LogP contribution is 2.23. The van der Waals surface area contributed by atoms with Gasteiger partial charge in [-0.2, -0.15) is 0 Å². The summed E-state index contributed by atoms with van der Waals surface area (Å²) in [6.45, 7) is 3.43. The number of halogens is 1. The molecular weight excluding hydrogens is 262 g/mol. The van der Waals surface area contributed by atoms with E-state index in [9.17, 15) is 4.79 Å². The summed E-state index contributed by atoms with van der Waals surface area (Å²) in [5.41, 5.74) is 2.66. The lowest BCUT2D eigenvalue weighted by molar-refractivity contribution is -0.114. The minimum Gasteiger partial charge on any atom is -0.340 e. The normalized spacial score (nSPS) is 10.1. The topological polar surface area (TPSA) is 54.0 Å². The second kappa shape index (κ2) is 5.71.